The van der Waals surface area contributed by atoms with E-state index in [4.69, 9.17) is 4.74 Å². The van der Waals surface area contributed by atoms with Gasteiger partial charge in [-0.1, -0.05) is 18.2 Å². The molecule has 126 valence electrons. The number of H-pyrrole nitrogens is 1. The highest BCUT2D eigenvalue weighted by atomic mass is 127. The topological polar surface area (TPSA) is 52.7 Å². The molecule has 0 amide bonds. The third kappa shape index (κ3) is 4.60. The number of aromatic nitrogens is 1. The summed E-state index contributed by atoms with van der Waals surface area (Å²) in [6.07, 6.45) is 1.14. The molecule has 6 heteroatoms. The molecular weight excluding hydrogens is 403 g/mol. The van der Waals surface area contributed by atoms with E-state index in [9.17, 15) is 0 Å². The molecule has 1 saturated heterocycles. The second-order valence-electron chi connectivity index (χ2n) is 5.89. The van der Waals surface area contributed by atoms with Crippen molar-refractivity contribution in [1.29, 1.82) is 0 Å². The maximum absolute atomic E-state index is 5.44. The van der Waals surface area contributed by atoms with Crippen molar-refractivity contribution in [3.8, 4) is 0 Å². The highest BCUT2D eigenvalue weighted by Gasteiger charge is 2.19. The molecule has 1 aromatic heterocycles. The molecule has 1 aliphatic rings. The van der Waals surface area contributed by atoms with Crippen molar-refractivity contribution in [1.82, 2.24) is 15.2 Å². The van der Waals surface area contributed by atoms with Crippen LogP contribution in [0.15, 0.2) is 35.3 Å². The van der Waals surface area contributed by atoms with Gasteiger partial charge in [-0.05, 0) is 23.9 Å². The number of nitrogens with zero attached hydrogens (tertiary/aromatic N) is 2. The highest BCUT2D eigenvalue weighted by molar-refractivity contribution is 14.0. The first-order valence-electron chi connectivity index (χ1n) is 7.82. The largest absolute Gasteiger partial charge is 0.381 e. The third-order valence-corrected chi connectivity index (χ3v) is 4.15. The summed E-state index contributed by atoms with van der Waals surface area (Å²) in [7, 11) is 3.91. The SMILES string of the molecule is CN=C(NCc1cc2ccccc2[nH]1)N(C)CC1CCOC1.I. The summed E-state index contributed by atoms with van der Waals surface area (Å²) in [5.41, 5.74) is 2.34. The summed E-state index contributed by atoms with van der Waals surface area (Å²) < 4.78 is 5.44. The van der Waals surface area contributed by atoms with Gasteiger partial charge >= 0.3 is 0 Å². The Hall–Kier alpha value is -1.28. The van der Waals surface area contributed by atoms with E-state index in [2.05, 4.69) is 51.5 Å². The lowest BCUT2D eigenvalue weighted by atomic mass is 10.1. The zero-order valence-corrected chi connectivity index (χ0v) is 16.0. The highest BCUT2D eigenvalue weighted by Crippen LogP contribution is 2.15. The van der Waals surface area contributed by atoms with E-state index >= 15 is 0 Å². The van der Waals surface area contributed by atoms with Crippen LogP contribution >= 0.6 is 24.0 Å². The Morgan fingerprint density at radius 3 is 2.96 bits per heavy atom. The lowest BCUT2D eigenvalue weighted by Crippen LogP contribution is -2.41. The molecule has 0 bridgehead atoms. The normalized spacial score (nSPS) is 18.0. The lowest BCUT2D eigenvalue weighted by Gasteiger charge is -2.24. The minimum absolute atomic E-state index is 0. The van der Waals surface area contributed by atoms with Crippen molar-refractivity contribution in [2.75, 3.05) is 33.9 Å². The number of guanidine groups is 1. The summed E-state index contributed by atoms with van der Waals surface area (Å²) in [4.78, 5) is 9.99. The van der Waals surface area contributed by atoms with Crippen LogP contribution in [0.2, 0.25) is 0 Å². The summed E-state index contributed by atoms with van der Waals surface area (Å²) in [6, 6.07) is 10.5. The van der Waals surface area contributed by atoms with Gasteiger partial charge in [0.1, 0.15) is 0 Å². The molecule has 1 aromatic carbocycles. The Labute approximate surface area is 154 Å². The molecule has 5 nitrogen and oxygen atoms in total. The number of nitrogens with one attached hydrogen (secondary N) is 2. The average Bonchev–Trinajstić information content (AvgIpc) is 3.16. The Morgan fingerprint density at radius 2 is 2.26 bits per heavy atom. The van der Waals surface area contributed by atoms with Gasteiger partial charge in [0.15, 0.2) is 5.96 Å². The van der Waals surface area contributed by atoms with Gasteiger partial charge in [0, 0.05) is 44.4 Å². The van der Waals surface area contributed by atoms with Gasteiger partial charge in [-0.25, -0.2) is 0 Å². The maximum Gasteiger partial charge on any atom is 0.193 e. The number of hydrogen-bond acceptors (Lipinski definition) is 2. The van der Waals surface area contributed by atoms with Gasteiger partial charge in [-0.3, -0.25) is 4.99 Å². The van der Waals surface area contributed by atoms with Crippen molar-refractivity contribution in [3.63, 3.8) is 0 Å². The predicted molar refractivity (Wildman–Crippen MR) is 105 cm³/mol. The monoisotopic (exact) mass is 428 g/mol. The second-order valence-corrected chi connectivity index (χ2v) is 5.89. The van der Waals surface area contributed by atoms with E-state index in [0.29, 0.717) is 5.92 Å². The number of benzene rings is 1. The standard InChI is InChI=1S/C17H24N4O.HI/c1-18-17(21(2)11-13-7-8-22-12-13)19-10-15-9-14-5-3-4-6-16(14)20-15;/h3-6,9,13,20H,7-8,10-12H2,1-2H3,(H,18,19);1H. The van der Waals surface area contributed by atoms with E-state index in [0.717, 1.165) is 38.7 Å². The van der Waals surface area contributed by atoms with Crippen molar-refractivity contribution in [2.45, 2.75) is 13.0 Å². The van der Waals surface area contributed by atoms with Gasteiger partial charge in [0.25, 0.3) is 0 Å². The van der Waals surface area contributed by atoms with Crippen molar-refractivity contribution in [3.05, 3.63) is 36.0 Å². The molecule has 2 aromatic rings. The fraction of sp³-hybridized carbons (Fsp3) is 0.471. The number of rotatable bonds is 4. The minimum atomic E-state index is 0. The minimum Gasteiger partial charge on any atom is -0.381 e. The first-order valence-corrected chi connectivity index (χ1v) is 7.82. The van der Waals surface area contributed by atoms with Gasteiger partial charge < -0.3 is 19.9 Å². The van der Waals surface area contributed by atoms with E-state index in [1.165, 1.54) is 16.6 Å². The maximum atomic E-state index is 5.44. The molecule has 0 spiro atoms. The van der Waals surface area contributed by atoms with Gasteiger partial charge in [0.2, 0.25) is 0 Å². The smallest absolute Gasteiger partial charge is 0.193 e. The Morgan fingerprint density at radius 1 is 1.43 bits per heavy atom. The second kappa shape index (κ2) is 8.54. The van der Waals surface area contributed by atoms with Crippen LogP contribution in [0.1, 0.15) is 12.1 Å². The number of aromatic amines is 1. The molecule has 3 rings (SSSR count). The summed E-state index contributed by atoms with van der Waals surface area (Å²) in [6.45, 7) is 3.47. The van der Waals surface area contributed by atoms with E-state index in [1.807, 2.05) is 13.1 Å². The molecule has 1 aliphatic heterocycles. The molecule has 0 saturated carbocycles. The van der Waals surface area contributed by atoms with Crippen molar-refractivity contribution in [2.24, 2.45) is 10.9 Å². The number of halogens is 1. The number of para-hydroxylation sites is 1. The van der Waals surface area contributed by atoms with E-state index < -0.39 is 0 Å². The number of fused-ring (bicyclic) bond motifs is 1. The molecule has 1 unspecified atom stereocenters. The number of hydrogen-bond donors (Lipinski definition) is 2. The van der Waals surface area contributed by atoms with Crippen molar-refractivity contribution >= 4 is 40.8 Å². The molecule has 0 aliphatic carbocycles. The van der Waals surface area contributed by atoms with Crippen LogP contribution in [0.5, 0.6) is 0 Å². The Kier molecular flexibility index (Phi) is 6.71. The molecule has 1 fully saturated rings. The fourth-order valence-electron chi connectivity index (χ4n) is 2.99. The molecular formula is C17H25IN4O. The average molecular weight is 428 g/mol. The Balaban J connectivity index is 0.00000192. The summed E-state index contributed by atoms with van der Waals surface area (Å²) in [5.74, 6) is 1.53. The van der Waals surface area contributed by atoms with Crippen LogP contribution < -0.4 is 5.32 Å². The first-order chi connectivity index (χ1) is 10.8. The number of ether oxygens (including phenoxy) is 1. The quantitative estimate of drug-likeness (QED) is 0.448. The van der Waals surface area contributed by atoms with Crippen LogP contribution in [-0.2, 0) is 11.3 Å². The lowest BCUT2D eigenvalue weighted by molar-refractivity contribution is 0.181. The van der Waals surface area contributed by atoms with Crippen LogP contribution in [-0.4, -0.2) is 49.7 Å². The summed E-state index contributed by atoms with van der Waals surface area (Å²) >= 11 is 0. The molecule has 1 atom stereocenters. The zero-order chi connectivity index (χ0) is 15.4. The first kappa shape index (κ1) is 18.1. The summed E-state index contributed by atoms with van der Waals surface area (Å²) in [5, 5.41) is 4.67. The van der Waals surface area contributed by atoms with Crippen LogP contribution in [0, 0.1) is 5.92 Å². The van der Waals surface area contributed by atoms with Gasteiger partial charge in [-0.2, -0.15) is 0 Å². The van der Waals surface area contributed by atoms with Gasteiger partial charge in [0.05, 0.1) is 13.2 Å². The fourth-order valence-corrected chi connectivity index (χ4v) is 2.99. The molecule has 0 radical (unpaired) electrons. The molecule has 2 N–H and O–H groups in total. The van der Waals surface area contributed by atoms with Crippen LogP contribution in [0.4, 0.5) is 0 Å². The molecule has 2 heterocycles. The zero-order valence-electron chi connectivity index (χ0n) is 13.7. The van der Waals surface area contributed by atoms with Gasteiger partial charge in [-0.15, -0.1) is 24.0 Å². The van der Waals surface area contributed by atoms with E-state index in [1.54, 1.807) is 0 Å². The van der Waals surface area contributed by atoms with Crippen molar-refractivity contribution < 1.29 is 4.74 Å². The third-order valence-electron chi connectivity index (χ3n) is 4.15. The predicted octanol–water partition coefficient (Wildman–Crippen LogP) is 2.83. The van der Waals surface area contributed by atoms with E-state index in [-0.39, 0.29) is 24.0 Å². The number of aliphatic imine (C=N–C) groups is 1. The van der Waals surface area contributed by atoms with Crippen LogP contribution in [0.25, 0.3) is 10.9 Å². The molecule has 23 heavy (non-hydrogen) atoms. The Bertz CT molecular complexity index is 616. The van der Waals surface area contributed by atoms with Crippen LogP contribution in [0.3, 0.4) is 0 Å².